The van der Waals surface area contributed by atoms with E-state index in [1.165, 1.54) is 22.3 Å². The van der Waals surface area contributed by atoms with Gasteiger partial charge in [0.15, 0.2) is 0 Å². The van der Waals surface area contributed by atoms with Crippen LogP contribution in [0.3, 0.4) is 0 Å². The Labute approximate surface area is 130 Å². The summed E-state index contributed by atoms with van der Waals surface area (Å²) < 4.78 is 1.03. The monoisotopic (exact) mass is 332 g/mol. The van der Waals surface area contributed by atoms with E-state index in [1.807, 2.05) is 6.20 Å². The molecule has 1 aromatic heterocycles. The van der Waals surface area contributed by atoms with Gasteiger partial charge in [-0.3, -0.25) is 0 Å². The first kappa shape index (κ1) is 15.0. The van der Waals surface area contributed by atoms with E-state index in [4.69, 9.17) is 0 Å². The van der Waals surface area contributed by atoms with Crippen molar-refractivity contribution in [2.45, 2.75) is 27.2 Å². The van der Waals surface area contributed by atoms with Crippen molar-refractivity contribution in [2.75, 3.05) is 18.5 Å². The maximum atomic E-state index is 4.50. The summed E-state index contributed by atoms with van der Waals surface area (Å²) in [5.74, 6) is 1.05. The van der Waals surface area contributed by atoms with Crippen molar-refractivity contribution in [3.63, 3.8) is 0 Å². The Bertz CT molecular complexity index is 608. The van der Waals surface area contributed by atoms with E-state index in [1.54, 1.807) is 0 Å². The van der Waals surface area contributed by atoms with Crippen molar-refractivity contribution in [3.8, 4) is 0 Å². The highest BCUT2D eigenvalue weighted by molar-refractivity contribution is 9.10. The molecular weight excluding hydrogens is 312 g/mol. The summed E-state index contributed by atoms with van der Waals surface area (Å²) in [7, 11) is 2.10. The molecule has 0 aliphatic carbocycles. The van der Waals surface area contributed by atoms with Gasteiger partial charge in [-0.15, -0.1) is 0 Å². The number of aryl methyl sites for hydroxylation is 3. The smallest absolute Gasteiger partial charge is 0.131 e. The predicted molar refractivity (Wildman–Crippen MR) is 89.6 cm³/mol. The topological polar surface area (TPSA) is 16.1 Å². The summed E-state index contributed by atoms with van der Waals surface area (Å²) in [6.45, 7) is 7.39. The number of benzene rings is 1. The van der Waals surface area contributed by atoms with Gasteiger partial charge in [-0.2, -0.15) is 0 Å². The Kier molecular flexibility index (Phi) is 4.81. The molecule has 0 fully saturated rings. The molecule has 0 atom stereocenters. The molecule has 106 valence electrons. The number of aromatic nitrogens is 1. The van der Waals surface area contributed by atoms with Gasteiger partial charge in [-0.05, 0) is 71.4 Å². The van der Waals surface area contributed by atoms with Crippen LogP contribution in [-0.4, -0.2) is 18.6 Å². The highest BCUT2D eigenvalue weighted by Gasteiger charge is 2.07. The number of rotatable bonds is 4. The quantitative estimate of drug-likeness (QED) is 0.822. The van der Waals surface area contributed by atoms with Gasteiger partial charge < -0.3 is 4.90 Å². The van der Waals surface area contributed by atoms with Crippen LogP contribution in [0.5, 0.6) is 0 Å². The molecule has 2 rings (SSSR count). The largest absolute Gasteiger partial charge is 0.359 e. The minimum absolute atomic E-state index is 0.970. The standard InChI is InChI=1S/C17H21BrN2/c1-12-5-6-15(9-13(12)2)7-8-20(4)17-14(3)10-16(18)11-19-17/h5-6,9-11H,7-8H2,1-4H3. The van der Waals surface area contributed by atoms with Crippen molar-refractivity contribution in [1.82, 2.24) is 4.98 Å². The first-order chi connectivity index (χ1) is 9.47. The van der Waals surface area contributed by atoms with Crippen LogP contribution in [-0.2, 0) is 6.42 Å². The molecule has 2 aromatic rings. The predicted octanol–water partition coefficient (Wildman–Crippen LogP) is 4.45. The average Bonchev–Trinajstić information content (AvgIpc) is 2.40. The summed E-state index contributed by atoms with van der Waals surface area (Å²) in [4.78, 5) is 6.72. The molecular formula is C17H21BrN2. The maximum absolute atomic E-state index is 4.50. The van der Waals surface area contributed by atoms with Crippen molar-refractivity contribution >= 4 is 21.7 Å². The van der Waals surface area contributed by atoms with Crippen molar-refractivity contribution in [2.24, 2.45) is 0 Å². The van der Waals surface area contributed by atoms with Crippen LogP contribution in [0.15, 0.2) is 34.9 Å². The molecule has 0 aliphatic rings. The lowest BCUT2D eigenvalue weighted by molar-refractivity contribution is 0.853. The van der Waals surface area contributed by atoms with Crippen LogP contribution in [0.25, 0.3) is 0 Å². The van der Waals surface area contributed by atoms with Crippen LogP contribution in [0.2, 0.25) is 0 Å². The van der Waals surface area contributed by atoms with Gasteiger partial charge in [0.2, 0.25) is 0 Å². The molecule has 0 radical (unpaired) electrons. The molecule has 0 unspecified atom stereocenters. The van der Waals surface area contributed by atoms with Gasteiger partial charge in [0.1, 0.15) is 5.82 Å². The minimum atomic E-state index is 0.970. The summed E-state index contributed by atoms with van der Waals surface area (Å²) >= 11 is 3.45. The van der Waals surface area contributed by atoms with E-state index in [0.29, 0.717) is 0 Å². The van der Waals surface area contributed by atoms with E-state index < -0.39 is 0 Å². The second kappa shape index (κ2) is 6.40. The number of pyridine rings is 1. The van der Waals surface area contributed by atoms with E-state index >= 15 is 0 Å². The number of hydrogen-bond donors (Lipinski definition) is 0. The Hall–Kier alpha value is -1.35. The third-order valence-corrected chi connectivity index (χ3v) is 4.12. The molecule has 20 heavy (non-hydrogen) atoms. The lowest BCUT2D eigenvalue weighted by Gasteiger charge is -2.20. The van der Waals surface area contributed by atoms with Gasteiger partial charge >= 0.3 is 0 Å². The molecule has 2 nitrogen and oxygen atoms in total. The molecule has 0 bridgehead atoms. The first-order valence-electron chi connectivity index (χ1n) is 6.87. The second-order valence-corrected chi connectivity index (χ2v) is 6.30. The van der Waals surface area contributed by atoms with E-state index in [0.717, 1.165) is 23.3 Å². The summed E-state index contributed by atoms with van der Waals surface area (Å²) in [6, 6.07) is 8.81. The normalized spacial score (nSPS) is 10.7. The van der Waals surface area contributed by atoms with Gasteiger partial charge in [0.05, 0.1) is 0 Å². The van der Waals surface area contributed by atoms with Crippen LogP contribution < -0.4 is 4.90 Å². The number of anilines is 1. The molecule has 0 saturated heterocycles. The Morgan fingerprint density at radius 2 is 1.80 bits per heavy atom. The number of likely N-dealkylation sites (N-methyl/N-ethyl adjacent to an activating group) is 1. The molecule has 3 heteroatoms. The number of halogens is 1. The Morgan fingerprint density at radius 1 is 1.05 bits per heavy atom. The van der Waals surface area contributed by atoms with Crippen LogP contribution in [0.1, 0.15) is 22.3 Å². The summed E-state index contributed by atoms with van der Waals surface area (Å²) in [5, 5.41) is 0. The van der Waals surface area contributed by atoms with E-state index in [9.17, 15) is 0 Å². The zero-order valence-corrected chi connectivity index (χ0v) is 14.2. The highest BCUT2D eigenvalue weighted by Crippen LogP contribution is 2.20. The average molecular weight is 333 g/mol. The van der Waals surface area contributed by atoms with Gasteiger partial charge in [-0.1, -0.05) is 18.2 Å². The Morgan fingerprint density at radius 3 is 2.45 bits per heavy atom. The van der Waals surface area contributed by atoms with Crippen LogP contribution in [0, 0.1) is 20.8 Å². The summed E-state index contributed by atoms with van der Waals surface area (Å²) in [6.07, 6.45) is 2.89. The number of hydrogen-bond acceptors (Lipinski definition) is 2. The molecule has 1 heterocycles. The van der Waals surface area contributed by atoms with E-state index in [2.05, 4.69) is 77.9 Å². The van der Waals surface area contributed by atoms with Gasteiger partial charge in [0, 0.05) is 24.3 Å². The first-order valence-corrected chi connectivity index (χ1v) is 7.66. The molecule has 0 N–H and O–H groups in total. The fraction of sp³-hybridized carbons (Fsp3) is 0.353. The van der Waals surface area contributed by atoms with Crippen molar-refractivity contribution in [1.29, 1.82) is 0 Å². The second-order valence-electron chi connectivity index (χ2n) is 5.38. The third kappa shape index (κ3) is 3.60. The number of nitrogens with zero attached hydrogens (tertiary/aromatic N) is 2. The van der Waals surface area contributed by atoms with E-state index in [-0.39, 0.29) is 0 Å². The van der Waals surface area contributed by atoms with Crippen molar-refractivity contribution in [3.05, 3.63) is 57.2 Å². The fourth-order valence-corrected chi connectivity index (χ4v) is 2.74. The van der Waals surface area contributed by atoms with Gasteiger partial charge in [-0.25, -0.2) is 4.98 Å². The van der Waals surface area contributed by atoms with Crippen LogP contribution >= 0.6 is 15.9 Å². The molecule has 1 aromatic carbocycles. The lowest BCUT2D eigenvalue weighted by atomic mass is 10.0. The molecule has 0 aliphatic heterocycles. The zero-order chi connectivity index (χ0) is 14.7. The third-order valence-electron chi connectivity index (χ3n) is 3.69. The van der Waals surface area contributed by atoms with Gasteiger partial charge in [0.25, 0.3) is 0 Å². The summed E-state index contributed by atoms with van der Waals surface area (Å²) in [5.41, 5.74) is 5.30. The molecule has 0 saturated carbocycles. The maximum Gasteiger partial charge on any atom is 0.131 e. The lowest BCUT2D eigenvalue weighted by Crippen LogP contribution is -2.22. The highest BCUT2D eigenvalue weighted by atomic mass is 79.9. The fourth-order valence-electron chi connectivity index (χ4n) is 2.29. The molecule has 0 amide bonds. The zero-order valence-electron chi connectivity index (χ0n) is 12.6. The molecule has 0 spiro atoms. The Balaban J connectivity index is 2.04. The minimum Gasteiger partial charge on any atom is -0.359 e. The SMILES string of the molecule is Cc1ccc(CCN(C)c2ncc(Br)cc2C)cc1C. The van der Waals surface area contributed by atoms with Crippen molar-refractivity contribution < 1.29 is 0 Å². The van der Waals surface area contributed by atoms with Crippen LogP contribution in [0.4, 0.5) is 5.82 Å².